The van der Waals surface area contributed by atoms with Gasteiger partial charge >= 0.3 is 0 Å². The zero-order valence-electron chi connectivity index (χ0n) is 16.7. The summed E-state index contributed by atoms with van der Waals surface area (Å²) in [6.07, 6.45) is 0.298. The van der Waals surface area contributed by atoms with Crippen molar-refractivity contribution in [3.05, 3.63) is 68.5 Å². The number of benzene rings is 2. The fraction of sp³-hybridized carbons (Fsp3) is 0.143. The van der Waals surface area contributed by atoms with Gasteiger partial charge in [0, 0.05) is 25.3 Å². The minimum atomic E-state index is -0.917. The van der Waals surface area contributed by atoms with E-state index in [-0.39, 0.29) is 11.6 Å². The first-order valence-electron chi connectivity index (χ1n) is 9.31. The van der Waals surface area contributed by atoms with E-state index in [9.17, 15) is 19.5 Å². The SMILES string of the molecule is CN(C)C(=O)Cc1ccc(-c2cc(Nc3c(O)c(=O)c3=O)cc(-c3nn[nH]n3)c2)cc1. The second-order valence-electron chi connectivity index (χ2n) is 7.20. The molecular weight excluding hydrogens is 400 g/mol. The number of aromatic amines is 1. The maximum Gasteiger partial charge on any atom is 0.271 e. The average Bonchev–Trinajstić information content (AvgIpc) is 3.32. The Kier molecular flexibility index (Phi) is 5.04. The summed E-state index contributed by atoms with van der Waals surface area (Å²) in [6.45, 7) is 0. The Labute approximate surface area is 175 Å². The molecule has 0 aliphatic heterocycles. The monoisotopic (exact) mass is 418 g/mol. The fourth-order valence-corrected chi connectivity index (χ4v) is 3.07. The standard InChI is InChI=1S/C21H18N6O4/c1-27(2)16(28)7-11-3-5-12(6-4-11)13-8-14(21-23-25-26-24-21)10-15(9-13)22-17-18(29)20(31)19(17)30/h3-6,8-10,22,29H,7H2,1-2H3,(H,23,24,25,26). The third kappa shape index (κ3) is 3.90. The van der Waals surface area contributed by atoms with Crippen LogP contribution in [0, 0.1) is 0 Å². The molecule has 10 nitrogen and oxygen atoms in total. The first-order chi connectivity index (χ1) is 14.8. The van der Waals surface area contributed by atoms with E-state index in [0.29, 0.717) is 23.5 Å². The number of carbonyl (C=O) groups excluding carboxylic acids is 1. The molecule has 3 N–H and O–H groups in total. The van der Waals surface area contributed by atoms with Crippen molar-refractivity contribution >= 4 is 17.3 Å². The van der Waals surface area contributed by atoms with Crippen LogP contribution < -0.4 is 16.2 Å². The zero-order valence-corrected chi connectivity index (χ0v) is 16.7. The first-order valence-corrected chi connectivity index (χ1v) is 9.31. The normalized spacial score (nSPS) is 10.9. The molecule has 0 unspecified atom stereocenters. The summed E-state index contributed by atoms with van der Waals surface area (Å²) in [5.41, 5.74) is 1.73. The predicted molar refractivity (Wildman–Crippen MR) is 114 cm³/mol. The minimum absolute atomic E-state index is 0.00568. The van der Waals surface area contributed by atoms with E-state index in [1.165, 1.54) is 4.90 Å². The van der Waals surface area contributed by atoms with Crippen molar-refractivity contribution in [1.29, 1.82) is 0 Å². The molecule has 0 atom stereocenters. The number of tetrazole rings is 1. The van der Waals surface area contributed by atoms with Crippen LogP contribution in [0.5, 0.6) is 5.75 Å². The molecule has 0 bridgehead atoms. The highest BCUT2D eigenvalue weighted by atomic mass is 16.3. The third-order valence-electron chi connectivity index (χ3n) is 4.83. The summed E-state index contributed by atoms with van der Waals surface area (Å²) in [6, 6.07) is 12.8. The number of hydrogen-bond acceptors (Lipinski definition) is 8. The van der Waals surface area contributed by atoms with Crippen molar-refractivity contribution < 1.29 is 9.90 Å². The first kappa shape index (κ1) is 20.0. The number of nitrogens with zero attached hydrogens (tertiary/aromatic N) is 4. The average molecular weight is 418 g/mol. The van der Waals surface area contributed by atoms with E-state index in [4.69, 9.17) is 0 Å². The Morgan fingerprint density at radius 2 is 1.74 bits per heavy atom. The lowest BCUT2D eigenvalue weighted by molar-refractivity contribution is -0.127. The van der Waals surface area contributed by atoms with Crippen LogP contribution in [0.3, 0.4) is 0 Å². The Bertz CT molecular complexity index is 1320. The van der Waals surface area contributed by atoms with Gasteiger partial charge in [0.15, 0.2) is 5.75 Å². The number of H-pyrrole nitrogens is 1. The molecule has 1 heterocycles. The number of likely N-dealkylation sites (N-methyl/N-ethyl adjacent to an activating group) is 1. The van der Waals surface area contributed by atoms with Gasteiger partial charge in [0.25, 0.3) is 10.9 Å². The van der Waals surface area contributed by atoms with Crippen LogP contribution >= 0.6 is 0 Å². The Morgan fingerprint density at radius 1 is 1.03 bits per heavy atom. The summed E-state index contributed by atoms with van der Waals surface area (Å²) < 4.78 is 0. The van der Waals surface area contributed by atoms with E-state index in [2.05, 4.69) is 25.9 Å². The highest BCUT2D eigenvalue weighted by Crippen LogP contribution is 2.31. The zero-order chi connectivity index (χ0) is 22.1. The van der Waals surface area contributed by atoms with Crippen LogP contribution in [0.2, 0.25) is 0 Å². The molecule has 0 saturated carbocycles. The minimum Gasteiger partial charge on any atom is -0.502 e. The van der Waals surface area contributed by atoms with Gasteiger partial charge in [-0.2, -0.15) is 5.21 Å². The highest BCUT2D eigenvalue weighted by molar-refractivity contribution is 5.80. The Balaban J connectivity index is 1.70. The van der Waals surface area contributed by atoms with E-state index >= 15 is 0 Å². The van der Waals surface area contributed by atoms with Crippen LogP contribution in [0.25, 0.3) is 22.5 Å². The van der Waals surface area contributed by atoms with Gasteiger partial charge in [-0.1, -0.05) is 24.3 Å². The van der Waals surface area contributed by atoms with E-state index < -0.39 is 16.6 Å². The Morgan fingerprint density at radius 3 is 2.35 bits per heavy atom. The van der Waals surface area contributed by atoms with Crippen LogP contribution in [-0.2, 0) is 11.2 Å². The molecule has 1 aromatic heterocycles. The lowest BCUT2D eigenvalue weighted by atomic mass is 9.99. The molecule has 0 saturated heterocycles. The number of aromatic hydroxyl groups is 1. The lowest BCUT2D eigenvalue weighted by Crippen LogP contribution is -2.32. The summed E-state index contributed by atoms with van der Waals surface area (Å²) in [7, 11) is 3.42. The maximum atomic E-state index is 11.9. The quantitative estimate of drug-likeness (QED) is 0.397. The smallest absolute Gasteiger partial charge is 0.271 e. The van der Waals surface area contributed by atoms with Gasteiger partial charge in [-0.05, 0) is 40.1 Å². The van der Waals surface area contributed by atoms with Gasteiger partial charge in [0.05, 0.1) is 6.42 Å². The molecule has 4 rings (SSSR count). The molecule has 0 radical (unpaired) electrons. The highest BCUT2D eigenvalue weighted by Gasteiger charge is 2.20. The van der Waals surface area contributed by atoms with Crippen LogP contribution in [-0.4, -0.2) is 50.6 Å². The van der Waals surface area contributed by atoms with E-state index in [0.717, 1.165) is 16.7 Å². The molecule has 3 aromatic carbocycles. The van der Waals surface area contributed by atoms with E-state index in [1.807, 2.05) is 30.3 Å². The van der Waals surface area contributed by atoms with Crippen molar-refractivity contribution in [3.8, 4) is 28.3 Å². The number of carbonyl (C=O) groups is 1. The van der Waals surface area contributed by atoms with Gasteiger partial charge in [0.1, 0.15) is 5.69 Å². The van der Waals surface area contributed by atoms with Crippen molar-refractivity contribution in [2.24, 2.45) is 0 Å². The summed E-state index contributed by atoms with van der Waals surface area (Å²) in [5.74, 6) is -0.245. The maximum absolute atomic E-state index is 11.9. The fourth-order valence-electron chi connectivity index (χ4n) is 3.07. The van der Waals surface area contributed by atoms with Gasteiger partial charge in [-0.25, -0.2) is 0 Å². The summed E-state index contributed by atoms with van der Waals surface area (Å²) in [4.78, 5) is 36.5. The summed E-state index contributed by atoms with van der Waals surface area (Å²) >= 11 is 0. The topological polar surface area (TPSA) is 141 Å². The number of rotatable bonds is 6. The van der Waals surface area contributed by atoms with Crippen molar-refractivity contribution in [2.75, 3.05) is 19.4 Å². The molecule has 31 heavy (non-hydrogen) atoms. The van der Waals surface area contributed by atoms with Crippen molar-refractivity contribution in [1.82, 2.24) is 25.5 Å². The largest absolute Gasteiger partial charge is 0.502 e. The van der Waals surface area contributed by atoms with Gasteiger partial charge in [-0.3, -0.25) is 14.4 Å². The van der Waals surface area contributed by atoms with Gasteiger partial charge in [-0.15, -0.1) is 10.2 Å². The van der Waals surface area contributed by atoms with Crippen molar-refractivity contribution in [2.45, 2.75) is 6.42 Å². The van der Waals surface area contributed by atoms with E-state index in [1.54, 1.807) is 26.2 Å². The van der Waals surface area contributed by atoms with Gasteiger partial charge < -0.3 is 15.3 Å². The molecule has 0 aliphatic carbocycles. The molecule has 4 aromatic rings. The number of anilines is 2. The Hall–Kier alpha value is -4.34. The lowest BCUT2D eigenvalue weighted by Gasteiger charge is -2.13. The van der Waals surface area contributed by atoms with Gasteiger partial charge in [0.2, 0.25) is 11.7 Å². The molecule has 0 fully saturated rings. The summed E-state index contributed by atoms with van der Waals surface area (Å²) in [5, 5.41) is 26.4. The van der Waals surface area contributed by atoms with Crippen LogP contribution in [0.1, 0.15) is 5.56 Å². The van der Waals surface area contributed by atoms with Crippen LogP contribution in [0.15, 0.2) is 52.1 Å². The predicted octanol–water partition coefficient (Wildman–Crippen LogP) is 1.21. The van der Waals surface area contributed by atoms with Crippen LogP contribution in [0.4, 0.5) is 11.4 Å². The molecule has 1 amide bonds. The molecule has 0 aliphatic rings. The molecule has 0 spiro atoms. The molecule has 156 valence electrons. The van der Waals surface area contributed by atoms with Crippen molar-refractivity contribution in [3.63, 3.8) is 0 Å². The second kappa shape index (κ2) is 7.82. The number of nitrogens with one attached hydrogen (secondary N) is 2. The number of aromatic nitrogens is 4. The number of hydrogen-bond donors (Lipinski definition) is 3. The third-order valence-corrected chi connectivity index (χ3v) is 4.83. The number of amides is 1. The molecular formula is C21H18N6O4. The molecule has 10 heteroatoms. The second-order valence-corrected chi connectivity index (χ2v) is 7.20.